The summed E-state index contributed by atoms with van der Waals surface area (Å²) < 4.78 is 0. The van der Waals surface area contributed by atoms with Crippen LogP contribution in [0.4, 0.5) is 0 Å². The van der Waals surface area contributed by atoms with Gasteiger partial charge < -0.3 is 10.6 Å². The van der Waals surface area contributed by atoms with E-state index in [2.05, 4.69) is 10.6 Å². The third kappa shape index (κ3) is 6.83. The predicted molar refractivity (Wildman–Crippen MR) is 42.0 cm³/mol. The molecular formula is C7H14N2O2. The van der Waals surface area contributed by atoms with Crippen molar-refractivity contribution in [2.45, 2.75) is 26.8 Å². The fourth-order valence-corrected chi connectivity index (χ4v) is 0.695. The molecule has 2 amide bonds. The van der Waals surface area contributed by atoms with E-state index in [-0.39, 0.29) is 17.9 Å². The highest BCUT2D eigenvalue weighted by atomic mass is 16.2. The highest BCUT2D eigenvalue weighted by Gasteiger charge is 2.02. The molecule has 2 N–H and O–H groups in total. The molecule has 0 saturated carbocycles. The van der Waals surface area contributed by atoms with Crippen molar-refractivity contribution in [3.05, 3.63) is 0 Å². The van der Waals surface area contributed by atoms with E-state index >= 15 is 0 Å². The zero-order chi connectivity index (χ0) is 8.85. The molecule has 0 aromatic rings. The molecule has 0 aromatic heterocycles. The van der Waals surface area contributed by atoms with Crippen LogP contribution >= 0.6 is 0 Å². The van der Waals surface area contributed by atoms with E-state index in [1.807, 2.05) is 6.92 Å². The lowest BCUT2D eigenvalue weighted by atomic mass is 10.3. The van der Waals surface area contributed by atoms with Gasteiger partial charge in [-0.15, -0.1) is 0 Å². The normalized spacial score (nSPS) is 11.9. The smallest absolute Gasteiger partial charge is 0.217 e. The van der Waals surface area contributed by atoms with E-state index in [0.29, 0.717) is 6.54 Å². The lowest BCUT2D eigenvalue weighted by Gasteiger charge is -2.11. The van der Waals surface area contributed by atoms with E-state index in [4.69, 9.17) is 0 Å². The number of carbonyl (C=O) groups is 2. The first-order chi connectivity index (χ1) is 5.02. The summed E-state index contributed by atoms with van der Waals surface area (Å²) >= 11 is 0. The summed E-state index contributed by atoms with van der Waals surface area (Å²) in [7, 11) is 0. The van der Waals surface area contributed by atoms with Crippen molar-refractivity contribution in [1.29, 1.82) is 0 Å². The van der Waals surface area contributed by atoms with E-state index in [0.717, 1.165) is 0 Å². The fourth-order valence-electron chi connectivity index (χ4n) is 0.695. The van der Waals surface area contributed by atoms with Gasteiger partial charge in [0.1, 0.15) is 0 Å². The summed E-state index contributed by atoms with van der Waals surface area (Å²) in [5.41, 5.74) is 0. The summed E-state index contributed by atoms with van der Waals surface area (Å²) in [6.45, 7) is 5.21. The molecule has 64 valence electrons. The molecule has 0 aromatic carbocycles. The third-order valence-electron chi connectivity index (χ3n) is 1.11. The second kappa shape index (κ2) is 4.71. The summed E-state index contributed by atoms with van der Waals surface area (Å²) in [6.07, 6.45) is 0. The molecule has 0 fully saturated rings. The quantitative estimate of drug-likeness (QED) is 0.589. The molecule has 0 aliphatic carbocycles. The Morgan fingerprint density at radius 2 is 1.82 bits per heavy atom. The van der Waals surface area contributed by atoms with Crippen molar-refractivity contribution in [2.75, 3.05) is 6.54 Å². The van der Waals surface area contributed by atoms with Crippen LogP contribution in [-0.4, -0.2) is 24.4 Å². The Bertz CT molecular complexity index is 157. The zero-order valence-corrected chi connectivity index (χ0v) is 7.10. The van der Waals surface area contributed by atoms with Crippen LogP contribution in [-0.2, 0) is 9.59 Å². The molecular weight excluding hydrogens is 144 g/mol. The first kappa shape index (κ1) is 9.94. The summed E-state index contributed by atoms with van der Waals surface area (Å²) in [6, 6.07) is -0.00333. The van der Waals surface area contributed by atoms with Crippen LogP contribution in [0.3, 0.4) is 0 Å². The number of hydrogen-bond donors (Lipinski definition) is 2. The van der Waals surface area contributed by atoms with Gasteiger partial charge in [0.2, 0.25) is 11.8 Å². The highest BCUT2D eigenvalue weighted by Crippen LogP contribution is 1.77. The van der Waals surface area contributed by atoms with Gasteiger partial charge in [-0.25, -0.2) is 0 Å². The Kier molecular flexibility index (Phi) is 4.26. The van der Waals surface area contributed by atoms with Crippen LogP contribution in [0, 0.1) is 0 Å². The minimum absolute atomic E-state index is 0.00333. The van der Waals surface area contributed by atoms with Crippen LogP contribution in [0.2, 0.25) is 0 Å². The SMILES string of the molecule is CC(=O)NC[C@H](C)NC(C)=O. The molecule has 0 heterocycles. The Labute approximate surface area is 66.4 Å². The van der Waals surface area contributed by atoms with Crippen LogP contribution in [0.1, 0.15) is 20.8 Å². The molecule has 0 rings (SSSR count). The van der Waals surface area contributed by atoms with Gasteiger partial charge in [0.05, 0.1) is 0 Å². The predicted octanol–water partition coefficient (Wildman–Crippen LogP) is -0.353. The Morgan fingerprint density at radius 3 is 2.18 bits per heavy atom. The average Bonchev–Trinajstić information content (AvgIpc) is 1.82. The summed E-state index contributed by atoms with van der Waals surface area (Å²) in [4.78, 5) is 20.9. The van der Waals surface area contributed by atoms with Gasteiger partial charge in [-0.3, -0.25) is 9.59 Å². The van der Waals surface area contributed by atoms with Gasteiger partial charge >= 0.3 is 0 Å². The molecule has 0 unspecified atom stereocenters. The van der Waals surface area contributed by atoms with E-state index in [9.17, 15) is 9.59 Å². The first-order valence-corrected chi connectivity index (χ1v) is 3.54. The van der Waals surface area contributed by atoms with Gasteiger partial charge in [0, 0.05) is 26.4 Å². The molecule has 0 radical (unpaired) electrons. The van der Waals surface area contributed by atoms with E-state index in [1.165, 1.54) is 13.8 Å². The molecule has 4 nitrogen and oxygen atoms in total. The largest absolute Gasteiger partial charge is 0.354 e. The van der Waals surface area contributed by atoms with E-state index in [1.54, 1.807) is 0 Å². The topological polar surface area (TPSA) is 58.2 Å². The summed E-state index contributed by atoms with van der Waals surface area (Å²) in [5.74, 6) is -0.162. The van der Waals surface area contributed by atoms with Crippen molar-refractivity contribution in [3.63, 3.8) is 0 Å². The van der Waals surface area contributed by atoms with Crippen molar-refractivity contribution in [2.24, 2.45) is 0 Å². The second-order valence-corrected chi connectivity index (χ2v) is 2.54. The van der Waals surface area contributed by atoms with Gasteiger partial charge in [0.25, 0.3) is 0 Å². The van der Waals surface area contributed by atoms with Gasteiger partial charge in [-0.2, -0.15) is 0 Å². The van der Waals surface area contributed by atoms with Gasteiger partial charge in [-0.05, 0) is 6.92 Å². The Hall–Kier alpha value is -1.06. The van der Waals surface area contributed by atoms with Crippen LogP contribution < -0.4 is 10.6 Å². The molecule has 0 saturated heterocycles. The maximum atomic E-state index is 10.5. The molecule has 0 bridgehead atoms. The number of rotatable bonds is 3. The molecule has 1 atom stereocenters. The van der Waals surface area contributed by atoms with Crippen molar-refractivity contribution < 1.29 is 9.59 Å². The number of hydrogen-bond acceptors (Lipinski definition) is 2. The van der Waals surface area contributed by atoms with Gasteiger partial charge in [-0.1, -0.05) is 0 Å². The standard InChI is InChI=1S/C7H14N2O2/c1-5(9-7(3)11)4-8-6(2)10/h5H,4H2,1-3H3,(H,8,10)(H,9,11)/t5-/m0/s1. The summed E-state index contributed by atoms with van der Waals surface area (Å²) in [5, 5.41) is 5.24. The molecule has 4 heteroatoms. The van der Waals surface area contributed by atoms with Crippen molar-refractivity contribution in [1.82, 2.24) is 10.6 Å². The Morgan fingerprint density at radius 1 is 1.27 bits per heavy atom. The van der Waals surface area contributed by atoms with Crippen molar-refractivity contribution >= 4 is 11.8 Å². The van der Waals surface area contributed by atoms with E-state index < -0.39 is 0 Å². The minimum atomic E-state index is -0.0813. The lowest BCUT2D eigenvalue weighted by Crippen LogP contribution is -2.40. The maximum Gasteiger partial charge on any atom is 0.217 e. The Balaban J connectivity index is 3.44. The first-order valence-electron chi connectivity index (χ1n) is 3.54. The molecule has 0 aliphatic heterocycles. The van der Waals surface area contributed by atoms with Gasteiger partial charge in [0.15, 0.2) is 0 Å². The monoisotopic (exact) mass is 158 g/mol. The number of amides is 2. The number of carbonyl (C=O) groups excluding carboxylic acids is 2. The average molecular weight is 158 g/mol. The fraction of sp³-hybridized carbons (Fsp3) is 0.714. The maximum absolute atomic E-state index is 10.5. The minimum Gasteiger partial charge on any atom is -0.354 e. The van der Waals surface area contributed by atoms with Crippen LogP contribution in [0.25, 0.3) is 0 Å². The third-order valence-corrected chi connectivity index (χ3v) is 1.11. The number of nitrogens with one attached hydrogen (secondary N) is 2. The van der Waals surface area contributed by atoms with Crippen LogP contribution in [0.5, 0.6) is 0 Å². The molecule has 11 heavy (non-hydrogen) atoms. The molecule has 0 spiro atoms. The molecule has 0 aliphatic rings. The lowest BCUT2D eigenvalue weighted by molar-refractivity contribution is -0.121. The van der Waals surface area contributed by atoms with Crippen LogP contribution in [0.15, 0.2) is 0 Å². The van der Waals surface area contributed by atoms with Crippen molar-refractivity contribution in [3.8, 4) is 0 Å². The zero-order valence-electron chi connectivity index (χ0n) is 7.10. The second-order valence-electron chi connectivity index (χ2n) is 2.54. The highest BCUT2D eigenvalue weighted by molar-refractivity contribution is 5.74.